The molecule has 3 rings (SSSR count). The molecule has 3 aromatic carbocycles. The number of hydrogen-bond donors (Lipinski definition) is 1. The van der Waals surface area contributed by atoms with E-state index in [1.165, 1.54) is 11.0 Å². The lowest BCUT2D eigenvalue weighted by Gasteiger charge is -2.37. The summed E-state index contributed by atoms with van der Waals surface area (Å²) in [5, 5.41) is 11.3. The number of rotatable bonds is 6. The number of likely N-dealkylation sites (N-methyl/N-ethyl adjacent to an activating group) is 1. The highest BCUT2D eigenvalue weighted by atomic mass is 35.5. The molecule has 9 heteroatoms. The Balaban J connectivity index is 1.94. The van der Waals surface area contributed by atoms with Gasteiger partial charge < -0.3 is 10.2 Å². The number of carbonyl (C=O) groups excluding carboxylic acids is 1. The molecule has 0 radical (unpaired) electrons. The van der Waals surface area contributed by atoms with E-state index in [4.69, 9.17) is 16.9 Å². The molecule has 0 atom stereocenters. The molecule has 2 amide bonds. The summed E-state index contributed by atoms with van der Waals surface area (Å²) in [5.74, 6) is 0. The van der Waals surface area contributed by atoms with Crippen molar-refractivity contribution in [3.8, 4) is 17.2 Å². The molecule has 3 aromatic rings. The Labute approximate surface area is 213 Å². The highest BCUT2D eigenvalue weighted by molar-refractivity contribution is 6.31. The summed E-state index contributed by atoms with van der Waals surface area (Å²) < 4.78 is 39.9. The number of nitrogens with one attached hydrogen (secondary N) is 1. The van der Waals surface area contributed by atoms with Crippen molar-refractivity contribution in [2.45, 2.75) is 25.6 Å². The number of nitriles is 1. The van der Waals surface area contributed by atoms with Crippen LogP contribution >= 0.6 is 11.6 Å². The van der Waals surface area contributed by atoms with E-state index in [1.807, 2.05) is 51.0 Å². The first-order valence-corrected chi connectivity index (χ1v) is 11.4. The fraction of sp³-hybridized carbons (Fsp3) is 0.259. The largest absolute Gasteiger partial charge is 0.417 e. The molecule has 0 bridgehead atoms. The number of halogens is 4. The van der Waals surface area contributed by atoms with Gasteiger partial charge in [0.25, 0.3) is 0 Å². The zero-order valence-corrected chi connectivity index (χ0v) is 21.1. The third kappa shape index (κ3) is 6.36. The first kappa shape index (κ1) is 27.1. The minimum Gasteiger partial charge on any atom is -0.308 e. The second kappa shape index (κ2) is 10.6. The van der Waals surface area contributed by atoms with Crippen molar-refractivity contribution in [2.75, 3.05) is 30.9 Å². The molecule has 1 N–H and O–H groups in total. The maximum atomic E-state index is 13.3. The molecule has 0 aliphatic carbocycles. The van der Waals surface area contributed by atoms with Crippen molar-refractivity contribution in [1.29, 1.82) is 5.26 Å². The van der Waals surface area contributed by atoms with Crippen LogP contribution in [0.2, 0.25) is 5.02 Å². The van der Waals surface area contributed by atoms with E-state index in [-0.39, 0.29) is 12.2 Å². The van der Waals surface area contributed by atoms with Gasteiger partial charge in [0, 0.05) is 23.5 Å². The Morgan fingerprint density at radius 2 is 1.67 bits per heavy atom. The molecular weight excluding hydrogens is 489 g/mol. The topological polar surface area (TPSA) is 59.4 Å². The van der Waals surface area contributed by atoms with E-state index in [0.717, 1.165) is 23.3 Å². The Hall–Kier alpha value is -3.54. The van der Waals surface area contributed by atoms with E-state index >= 15 is 0 Å². The van der Waals surface area contributed by atoms with Crippen LogP contribution in [0.5, 0.6) is 0 Å². The molecule has 0 aliphatic rings. The molecule has 5 nitrogen and oxygen atoms in total. The van der Waals surface area contributed by atoms with Gasteiger partial charge in [0.05, 0.1) is 22.2 Å². The summed E-state index contributed by atoms with van der Waals surface area (Å²) >= 11 is 5.72. The van der Waals surface area contributed by atoms with Gasteiger partial charge in [0.15, 0.2) is 0 Å². The van der Waals surface area contributed by atoms with Crippen molar-refractivity contribution in [1.82, 2.24) is 4.90 Å². The van der Waals surface area contributed by atoms with Crippen LogP contribution in [0.1, 0.15) is 25.0 Å². The summed E-state index contributed by atoms with van der Waals surface area (Å²) in [5.41, 5.74) is 1.31. The number of nitrogens with zero attached hydrogens (tertiary/aromatic N) is 3. The highest BCUT2D eigenvalue weighted by Gasteiger charge is 2.34. The van der Waals surface area contributed by atoms with Gasteiger partial charge in [-0.05, 0) is 81.5 Å². The van der Waals surface area contributed by atoms with Crippen LogP contribution in [0.3, 0.4) is 0 Å². The molecule has 0 aliphatic heterocycles. The standard InChI is InChI=1S/C27H26ClF3N4O/c1-26(2,34(3)4)17-35(25(36)33-21-10-13-24(28)23(15-21)27(29,30)31)22-11-8-19(9-12-22)20-7-5-6-18(14-20)16-32/h5-15H,17H2,1-4H3,(H,33,36). The van der Waals surface area contributed by atoms with Crippen molar-refractivity contribution >= 4 is 29.0 Å². The van der Waals surface area contributed by atoms with Gasteiger partial charge >= 0.3 is 12.2 Å². The van der Waals surface area contributed by atoms with Gasteiger partial charge in [0.1, 0.15) is 0 Å². The van der Waals surface area contributed by atoms with Crippen LogP contribution in [-0.4, -0.2) is 37.1 Å². The number of alkyl halides is 3. The predicted molar refractivity (Wildman–Crippen MR) is 137 cm³/mol. The van der Waals surface area contributed by atoms with Crippen molar-refractivity contribution < 1.29 is 18.0 Å². The second-order valence-corrected chi connectivity index (χ2v) is 9.56. The SMILES string of the molecule is CN(C)C(C)(C)CN(C(=O)Nc1ccc(Cl)c(C(F)(F)F)c1)c1ccc(-c2cccc(C#N)c2)cc1. The van der Waals surface area contributed by atoms with E-state index in [2.05, 4.69) is 11.4 Å². The van der Waals surface area contributed by atoms with Gasteiger partial charge in [-0.1, -0.05) is 35.9 Å². The monoisotopic (exact) mass is 514 g/mol. The first-order valence-electron chi connectivity index (χ1n) is 11.0. The number of anilines is 2. The van der Waals surface area contributed by atoms with Gasteiger partial charge in [-0.3, -0.25) is 4.90 Å². The molecule has 0 fully saturated rings. The number of amides is 2. The lowest BCUT2D eigenvalue weighted by molar-refractivity contribution is -0.137. The van der Waals surface area contributed by atoms with Crippen LogP contribution < -0.4 is 10.2 Å². The summed E-state index contributed by atoms with van der Waals surface area (Å²) in [4.78, 5) is 16.8. The van der Waals surface area contributed by atoms with E-state index < -0.39 is 28.3 Å². The van der Waals surface area contributed by atoms with Gasteiger partial charge in [-0.2, -0.15) is 18.4 Å². The van der Waals surface area contributed by atoms with Crippen molar-refractivity contribution in [3.63, 3.8) is 0 Å². The molecule has 0 aromatic heterocycles. The van der Waals surface area contributed by atoms with Crippen LogP contribution in [0, 0.1) is 11.3 Å². The zero-order chi connectivity index (χ0) is 26.7. The average Bonchev–Trinajstić information content (AvgIpc) is 2.83. The fourth-order valence-electron chi connectivity index (χ4n) is 3.42. The summed E-state index contributed by atoms with van der Waals surface area (Å²) in [6.45, 7) is 4.17. The molecule has 0 spiro atoms. The van der Waals surface area contributed by atoms with E-state index in [1.54, 1.807) is 30.3 Å². The molecule has 188 valence electrons. The summed E-state index contributed by atoms with van der Waals surface area (Å²) in [6, 6.07) is 19.2. The Bertz CT molecular complexity index is 1280. The normalized spacial score (nSPS) is 11.8. The zero-order valence-electron chi connectivity index (χ0n) is 20.3. The van der Waals surface area contributed by atoms with Gasteiger partial charge in [-0.15, -0.1) is 0 Å². The Kier molecular flexibility index (Phi) is 7.97. The molecule has 0 saturated carbocycles. The number of benzene rings is 3. The van der Waals surface area contributed by atoms with Crippen molar-refractivity contribution in [2.24, 2.45) is 0 Å². The lowest BCUT2D eigenvalue weighted by Crippen LogP contribution is -2.51. The van der Waals surface area contributed by atoms with Crippen molar-refractivity contribution in [3.05, 3.63) is 82.9 Å². The summed E-state index contributed by atoms with van der Waals surface area (Å²) in [6.07, 6.45) is -4.65. The number of hydrogen-bond acceptors (Lipinski definition) is 3. The average molecular weight is 515 g/mol. The Morgan fingerprint density at radius 3 is 2.25 bits per heavy atom. The predicted octanol–water partition coefficient (Wildman–Crippen LogP) is 7.28. The first-order chi connectivity index (χ1) is 16.8. The lowest BCUT2D eigenvalue weighted by atomic mass is 10.0. The minimum absolute atomic E-state index is 0.0191. The highest BCUT2D eigenvalue weighted by Crippen LogP contribution is 2.36. The van der Waals surface area contributed by atoms with Crippen LogP contribution in [0.25, 0.3) is 11.1 Å². The molecule has 0 heterocycles. The van der Waals surface area contributed by atoms with Crippen LogP contribution in [-0.2, 0) is 6.18 Å². The maximum Gasteiger partial charge on any atom is 0.417 e. The third-order valence-corrected chi connectivity index (χ3v) is 6.36. The Morgan fingerprint density at radius 1 is 1.00 bits per heavy atom. The minimum atomic E-state index is -4.65. The second-order valence-electron chi connectivity index (χ2n) is 9.16. The van der Waals surface area contributed by atoms with Gasteiger partial charge in [-0.25, -0.2) is 4.79 Å². The van der Waals surface area contributed by atoms with Gasteiger partial charge in [0.2, 0.25) is 0 Å². The molecule has 36 heavy (non-hydrogen) atoms. The smallest absolute Gasteiger partial charge is 0.308 e. The van der Waals surface area contributed by atoms with E-state index in [0.29, 0.717) is 11.3 Å². The number of urea groups is 1. The number of carbonyl (C=O) groups is 1. The molecule has 0 unspecified atom stereocenters. The van der Waals surface area contributed by atoms with Crippen LogP contribution in [0.4, 0.5) is 29.3 Å². The fourth-order valence-corrected chi connectivity index (χ4v) is 3.65. The molecular formula is C27H26ClF3N4O. The maximum absolute atomic E-state index is 13.3. The quantitative estimate of drug-likeness (QED) is 0.376. The molecule has 0 saturated heterocycles. The summed E-state index contributed by atoms with van der Waals surface area (Å²) in [7, 11) is 3.77. The van der Waals surface area contributed by atoms with Crippen LogP contribution in [0.15, 0.2) is 66.7 Å². The van der Waals surface area contributed by atoms with E-state index in [9.17, 15) is 18.0 Å². The third-order valence-electron chi connectivity index (χ3n) is 6.03.